The van der Waals surface area contributed by atoms with Crippen molar-refractivity contribution >= 4 is 11.7 Å². The molecule has 0 aliphatic rings. The summed E-state index contributed by atoms with van der Waals surface area (Å²) in [6.45, 7) is 3.25. The van der Waals surface area contributed by atoms with Gasteiger partial charge in [-0.05, 0) is 19.4 Å². The lowest BCUT2D eigenvalue weighted by Crippen LogP contribution is -2.37. The van der Waals surface area contributed by atoms with E-state index >= 15 is 0 Å². The van der Waals surface area contributed by atoms with Gasteiger partial charge in [-0.15, -0.1) is 0 Å². The van der Waals surface area contributed by atoms with Crippen molar-refractivity contribution in [2.45, 2.75) is 26.3 Å². The minimum absolute atomic E-state index is 0.0751. The Hall–Kier alpha value is -1.62. The number of Topliss-reactive ketones (excluding diaryl/α,β-unsaturated/α-hetero) is 1. The summed E-state index contributed by atoms with van der Waals surface area (Å²) in [4.78, 5) is 23.1. The van der Waals surface area contributed by atoms with Gasteiger partial charge in [-0.1, -0.05) is 6.92 Å². The highest BCUT2D eigenvalue weighted by Crippen LogP contribution is 2.08. The van der Waals surface area contributed by atoms with Crippen LogP contribution in [-0.2, 0) is 7.05 Å². The van der Waals surface area contributed by atoms with Gasteiger partial charge in [-0.25, -0.2) is 0 Å². The smallest absolute Gasteiger partial charge is 0.268 e. The fourth-order valence-electron chi connectivity index (χ4n) is 1.52. The number of nitrogens with zero attached hydrogens (tertiary/aromatic N) is 1. The Morgan fingerprint density at radius 2 is 2.18 bits per heavy atom. The SMILES string of the molecule is CC[C@@H](CO)NC(=O)c1cc(C(C)=O)cn1C. The monoisotopic (exact) mass is 238 g/mol. The quantitative estimate of drug-likeness (QED) is 0.743. The normalized spacial score (nSPS) is 12.2. The molecule has 1 aromatic heterocycles. The van der Waals surface area contributed by atoms with Crippen LogP contribution in [0.3, 0.4) is 0 Å². The number of amides is 1. The molecule has 5 heteroatoms. The van der Waals surface area contributed by atoms with E-state index in [2.05, 4.69) is 5.32 Å². The zero-order valence-corrected chi connectivity index (χ0v) is 10.4. The molecule has 0 saturated heterocycles. The number of aliphatic hydroxyl groups is 1. The standard InChI is InChI=1S/C12H18N2O3/c1-4-10(7-15)13-12(17)11-5-9(8(2)16)6-14(11)3/h5-6,10,15H,4,7H2,1-3H3,(H,13,17)/t10-/m0/s1. The Balaban J connectivity index is 2.85. The van der Waals surface area contributed by atoms with E-state index in [4.69, 9.17) is 5.11 Å². The van der Waals surface area contributed by atoms with E-state index < -0.39 is 0 Å². The second kappa shape index (κ2) is 5.63. The number of aryl methyl sites for hydroxylation is 1. The summed E-state index contributed by atoms with van der Waals surface area (Å²) in [5, 5.41) is 11.7. The third-order valence-corrected chi connectivity index (χ3v) is 2.69. The maximum atomic E-state index is 11.9. The van der Waals surface area contributed by atoms with Gasteiger partial charge in [0.1, 0.15) is 5.69 Å². The fourth-order valence-corrected chi connectivity index (χ4v) is 1.52. The molecule has 0 aliphatic heterocycles. The lowest BCUT2D eigenvalue weighted by atomic mass is 10.2. The van der Waals surface area contributed by atoms with Gasteiger partial charge in [-0.3, -0.25) is 9.59 Å². The van der Waals surface area contributed by atoms with Crippen molar-refractivity contribution in [2.24, 2.45) is 7.05 Å². The van der Waals surface area contributed by atoms with Crippen molar-refractivity contribution in [3.63, 3.8) is 0 Å². The lowest BCUT2D eigenvalue weighted by Gasteiger charge is -2.13. The number of aliphatic hydroxyl groups excluding tert-OH is 1. The molecule has 0 fully saturated rings. The number of aromatic nitrogens is 1. The van der Waals surface area contributed by atoms with Gasteiger partial charge >= 0.3 is 0 Å². The Morgan fingerprint density at radius 3 is 2.59 bits per heavy atom. The van der Waals surface area contributed by atoms with E-state index in [1.54, 1.807) is 23.9 Å². The zero-order valence-electron chi connectivity index (χ0n) is 10.4. The molecule has 0 saturated carbocycles. The number of nitrogens with one attached hydrogen (secondary N) is 1. The predicted molar refractivity (Wildman–Crippen MR) is 64.0 cm³/mol. The third-order valence-electron chi connectivity index (χ3n) is 2.69. The molecule has 1 heterocycles. The van der Waals surface area contributed by atoms with Crippen molar-refractivity contribution in [3.8, 4) is 0 Å². The summed E-state index contributed by atoms with van der Waals surface area (Å²) in [5.41, 5.74) is 0.928. The van der Waals surface area contributed by atoms with Crippen LogP contribution in [0.2, 0.25) is 0 Å². The second-order valence-electron chi connectivity index (χ2n) is 4.04. The molecule has 0 unspecified atom stereocenters. The average Bonchev–Trinajstić information content (AvgIpc) is 2.68. The summed E-state index contributed by atoms with van der Waals surface area (Å²) in [7, 11) is 1.71. The Bertz CT molecular complexity index is 419. The van der Waals surface area contributed by atoms with E-state index in [-0.39, 0.29) is 24.3 Å². The van der Waals surface area contributed by atoms with Crippen LogP contribution in [0.1, 0.15) is 41.1 Å². The van der Waals surface area contributed by atoms with Crippen LogP contribution in [-0.4, -0.2) is 34.0 Å². The minimum atomic E-state index is -0.277. The molecule has 17 heavy (non-hydrogen) atoms. The molecule has 1 atom stereocenters. The summed E-state index contributed by atoms with van der Waals surface area (Å²) in [6.07, 6.45) is 2.28. The Labute approximate surface area is 100 Å². The number of rotatable bonds is 5. The van der Waals surface area contributed by atoms with Gasteiger partial charge in [-0.2, -0.15) is 0 Å². The van der Waals surface area contributed by atoms with Crippen molar-refractivity contribution in [2.75, 3.05) is 6.61 Å². The number of hydrogen-bond donors (Lipinski definition) is 2. The molecule has 0 radical (unpaired) electrons. The highest BCUT2D eigenvalue weighted by Gasteiger charge is 2.16. The van der Waals surface area contributed by atoms with Crippen molar-refractivity contribution in [1.82, 2.24) is 9.88 Å². The number of ketones is 1. The highest BCUT2D eigenvalue weighted by molar-refractivity contribution is 5.99. The number of hydrogen-bond acceptors (Lipinski definition) is 3. The molecule has 1 rings (SSSR count). The molecule has 0 aliphatic carbocycles. The topological polar surface area (TPSA) is 71.3 Å². The van der Waals surface area contributed by atoms with E-state index in [0.717, 1.165) is 0 Å². The zero-order chi connectivity index (χ0) is 13.0. The molecule has 5 nitrogen and oxygen atoms in total. The fraction of sp³-hybridized carbons (Fsp3) is 0.500. The van der Waals surface area contributed by atoms with Crippen LogP contribution in [0.25, 0.3) is 0 Å². The molecule has 0 bridgehead atoms. The maximum Gasteiger partial charge on any atom is 0.268 e. The molecule has 2 N–H and O–H groups in total. The summed E-state index contributed by atoms with van der Waals surface area (Å²) < 4.78 is 1.61. The summed E-state index contributed by atoms with van der Waals surface area (Å²) in [6, 6.07) is 1.31. The highest BCUT2D eigenvalue weighted by atomic mass is 16.3. The Morgan fingerprint density at radius 1 is 1.53 bits per heavy atom. The van der Waals surface area contributed by atoms with Gasteiger partial charge in [0.25, 0.3) is 5.91 Å². The minimum Gasteiger partial charge on any atom is -0.394 e. The first-order valence-electron chi connectivity index (χ1n) is 5.58. The van der Waals surface area contributed by atoms with Crippen LogP contribution in [0.4, 0.5) is 0 Å². The number of carbonyl (C=O) groups is 2. The van der Waals surface area contributed by atoms with Crippen molar-refractivity contribution in [1.29, 1.82) is 0 Å². The van der Waals surface area contributed by atoms with E-state index in [9.17, 15) is 9.59 Å². The van der Waals surface area contributed by atoms with Crippen LogP contribution in [0.15, 0.2) is 12.3 Å². The third kappa shape index (κ3) is 3.17. The maximum absolute atomic E-state index is 11.9. The van der Waals surface area contributed by atoms with Crippen LogP contribution in [0, 0.1) is 0 Å². The largest absolute Gasteiger partial charge is 0.394 e. The first kappa shape index (κ1) is 13.4. The molecule has 1 amide bonds. The average molecular weight is 238 g/mol. The van der Waals surface area contributed by atoms with E-state index in [1.807, 2.05) is 6.92 Å². The summed E-state index contributed by atoms with van der Waals surface area (Å²) in [5.74, 6) is -0.352. The second-order valence-corrected chi connectivity index (χ2v) is 4.04. The van der Waals surface area contributed by atoms with Crippen molar-refractivity contribution in [3.05, 3.63) is 23.5 Å². The molecule has 1 aromatic rings. The Kier molecular flexibility index (Phi) is 4.45. The van der Waals surface area contributed by atoms with Crippen LogP contribution >= 0.6 is 0 Å². The molecular weight excluding hydrogens is 220 g/mol. The van der Waals surface area contributed by atoms with E-state index in [0.29, 0.717) is 17.7 Å². The first-order chi connectivity index (χ1) is 7.99. The van der Waals surface area contributed by atoms with Crippen LogP contribution < -0.4 is 5.32 Å². The van der Waals surface area contributed by atoms with Gasteiger partial charge in [0.15, 0.2) is 5.78 Å². The van der Waals surface area contributed by atoms with Crippen LogP contribution in [0.5, 0.6) is 0 Å². The lowest BCUT2D eigenvalue weighted by molar-refractivity contribution is 0.0906. The van der Waals surface area contributed by atoms with Crippen molar-refractivity contribution < 1.29 is 14.7 Å². The predicted octanol–water partition coefficient (Wildman–Crippen LogP) is 0.728. The molecule has 94 valence electrons. The van der Waals surface area contributed by atoms with Gasteiger partial charge < -0.3 is 15.0 Å². The van der Waals surface area contributed by atoms with Gasteiger partial charge in [0, 0.05) is 18.8 Å². The van der Waals surface area contributed by atoms with Gasteiger partial charge in [0.05, 0.1) is 12.6 Å². The summed E-state index contributed by atoms with van der Waals surface area (Å²) >= 11 is 0. The molecule has 0 aromatic carbocycles. The molecule has 0 spiro atoms. The molecular formula is C12H18N2O3. The van der Waals surface area contributed by atoms with E-state index in [1.165, 1.54) is 6.92 Å². The first-order valence-corrected chi connectivity index (χ1v) is 5.58. The number of carbonyl (C=O) groups excluding carboxylic acids is 2. The van der Waals surface area contributed by atoms with Gasteiger partial charge in [0.2, 0.25) is 0 Å².